The summed E-state index contributed by atoms with van der Waals surface area (Å²) < 4.78 is 13.1. The third-order valence-electron chi connectivity index (χ3n) is 3.94. The average Bonchev–Trinajstić information content (AvgIpc) is 3.09. The van der Waals surface area contributed by atoms with Crippen LogP contribution in [0.25, 0.3) is 0 Å². The zero-order chi connectivity index (χ0) is 16.8. The van der Waals surface area contributed by atoms with Crippen molar-refractivity contribution in [2.45, 2.75) is 12.1 Å². The maximum absolute atomic E-state index is 13.1. The van der Waals surface area contributed by atoms with Gasteiger partial charge >= 0.3 is 0 Å². The van der Waals surface area contributed by atoms with Crippen molar-refractivity contribution in [1.82, 2.24) is 0 Å². The Hall–Kier alpha value is -2.80. The second-order valence-electron chi connectivity index (χ2n) is 5.41. The van der Waals surface area contributed by atoms with E-state index in [-0.39, 0.29) is 0 Å². The summed E-state index contributed by atoms with van der Waals surface area (Å²) in [4.78, 5) is 26.4. The molecule has 8 heteroatoms. The fraction of sp³-hybridized carbons (Fsp3) is 0.125. The van der Waals surface area contributed by atoms with Gasteiger partial charge in [0.05, 0.1) is 11.4 Å². The smallest absolute Gasteiger partial charge is 0.263 e. The third kappa shape index (κ3) is 2.16. The standard InChI is InChI=1S/C16H10ClFN4O2/c17-9-2-1-3-12(8-9)21-15(23)13-14(16(21)24)22(20-19-13)11-6-4-10(18)5-7-11/h1-8,13-14H. The summed E-state index contributed by atoms with van der Waals surface area (Å²) in [6.45, 7) is 0. The Bertz CT molecular complexity index is 871. The highest BCUT2D eigenvalue weighted by Gasteiger charge is 2.55. The largest absolute Gasteiger partial charge is 0.271 e. The number of fused-ring (bicyclic) bond motifs is 1. The Morgan fingerprint density at radius 2 is 1.75 bits per heavy atom. The molecule has 4 rings (SSSR count). The number of hydrogen-bond acceptors (Lipinski definition) is 5. The van der Waals surface area contributed by atoms with Gasteiger partial charge in [0.25, 0.3) is 11.8 Å². The van der Waals surface area contributed by atoms with E-state index in [1.54, 1.807) is 18.2 Å². The average molecular weight is 345 g/mol. The predicted octanol–water partition coefficient (Wildman–Crippen LogP) is 2.98. The van der Waals surface area contributed by atoms with Crippen LogP contribution in [0.5, 0.6) is 0 Å². The molecule has 0 aliphatic carbocycles. The molecule has 1 fully saturated rings. The van der Waals surface area contributed by atoms with Crippen LogP contribution in [-0.2, 0) is 9.59 Å². The van der Waals surface area contributed by atoms with Crippen LogP contribution in [0.1, 0.15) is 0 Å². The minimum Gasteiger partial charge on any atom is -0.271 e. The molecular weight excluding hydrogens is 335 g/mol. The van der Waals surface area contributed by atoms with E-state index in [1.165, 1.54) is 35.3 Å². The van der Waals surface area contributed by atoms with Crippen LogP contribution in [0.4, 0.5) is 15.8 Å². The molecule has 0 N–H and O–H groups in total. The van der Waals surface area contributed by atoms with E-state index in [0.717, 1.165) is 4.90 Å². The second kappa shape index (κ2) is 5.38. The number of nitrogens with zero attached hydrogens (tertiary/aromatic N) is 4. The summed E-state index contributed by atoms with van der Waals surface area (Å²) in [6, 6.07) is 10.2. The zero-order valence-corrected chi connectivity index (χ0v) is 12.9. The first-order valence-electron chi connectivity index (χ1n) is 7.15. The highest BCUT2D eigenvalue weighted by Crippen LogP contribution is 2.35. The van der Waals surface area contributed by atoms with Gasteiger partial charge in [0.15, 0.2) is 12.1 Å². The lowest BCUT2D eigenvalue weighted by molar-refractivity contribution is -0.121. The molecule has 2 aromatic rings. The molecule has 2 amide bonds. The molecule has 24 heavy (non-hydrogen) atoms. The molecule has 2 atom stereocenters. The van der Waals surface area contributed by atoms with E-state index < -0.39 is 29.7 Å². The van der Waals surface area contributed by atoms with Crippen LogP contribution in [0.2, 0.25) is 5.02 Å². The van der Waals surface area contributed by atoms with Gasteiger partial charge in [-0.2, -0.15) is 5.11 Å². The van der Waals surface area contributed by atoms with Crippen molar-refractivity contribution in [3.63, 3.8) is 0 Å². The molecule has 0 saturated carbocycles. The molecule has 0 spiro atoms. The molecule has 2 unspecified atom stereocenters. The molecule has 6 nitrogen and oxygen atoms in total. The zero-order valence-electron chi connectivity index (χ0n) is 12.1. The summed E-state index contributed by atoms with van der Waals surface area (Å²) in [5.41, 5.74) is 0.878. The van der Waals surface area contributed by atoms with Crippen molar-refractivity contribution in [2.24, 2.45) is 10.3 Å². The third-order valence-corrected chi connectivity index (χ3v) is 4.17. The maximum Gasteiger partial charge on any atom is 0.263 e. The minimum absolute atomic E-state index is 0.390. The SMILES string of the molecule is O=C1C2N=NN(c3ccc(F)cc3)C2C(=O)N1c1cccc(Cl)c1. The van der Waals surface area contributed by atoms with Crippen molar-refractivity contribution >= 4 is 34.8 Å². The number of amides is 2. The highest BCUT2D eigenvalue weighted by atomic mass is 35.5. The fourth-order valence-electron chi connectivity index (χ4n) is 2.84. The van der Waals surface area contributed by atoms with Gasteiger partial charge in [0, 0.05) is 5.02 Å². The molecule has 0 bridgehead atoms. The lowest BCUT2D eigenvalue weighted by Gasteiger charge is -2.20. The first kappa shape index (κ1) is 14.8. The summed E-state index contributed by atoms with van der Waals surface area (Å²) >= 11 is 5.94. The van der Waals surface area contributed by atoms with Gasteiger partial charge in [-0.3, -0.25) is 9.59 Å². The van der Waals surface area contributed by atoms with Crippen LogP contribution in [-0.4, -0.2) is 23.9 Å². The monoisotopic (exact) mass is 344 g/mol. The summed E-state index contributed by atoms with van der Waals surface area (Å²) in [6.07, 6.45) is 0. The van der Waals surface area contributed by atoms with Crippen LogP contribution in [0, 0.1) is 5.82 Å². The molecule has 2 heterocycles. The number of hydrogen-bond donors (Lipinski definition) is 0. The fourth-order valence-corrected chi connectivity index (χ4v) is 3.02. The molecule has 2 aliphatic heterocycles. The van der Waals surface area contributed by atoms with Crippen molar-refractivity contribution in [3.8, 4) is 0 Å². The number of carbonyl (C=O) groups is 2. The van der Waals surface area contributed by atoms with Crippen LogP contribution in [0.15, 0.2) is 58.9 Å². The number of carbonyl (C=O) groups excluding carboxylic acids is 2. The highest BCUT2D eigenvalue weighted by molar-refractivity contribution is 6.31. The van der Waals surface area contributed by atoms with Gasteiger partial charge < -0.3 is 0 Å². The lowest BCUT2D eigenvalue weighted by atomic mass is 10.1. The van der Waals surface area contributed by atoms with Crippen LogP contribution >= 0.6 is 11.6 Å². The molecule has 0 aromatic heterocycles. The van der Waals surface area contributed by atoms with E-state index >= 15 is 0 Å². The minimum atomic E-state index is -0.915. The number of imide groups is 1. The van der Waals surface area contributed by atoms with Gasteiger partial charge in [0.1, 0.15) is 5.82 Å². The van der Waals surface area contributed by atoms with Crippen molar-refractivity contribution in [3.05, 3.63) is 59.4 Å². The van der Waals surface area contributed by atoms with Gasteiger partial charge in [0.2, 0.25) is 0 Å². The van der Waals surface area contributed by atoms with E-state index in [2.05, 4.69) is 10.3 Å². The second-order valence-corrected chi connectivity index (χ2v) is 5.84. The summed E-state index contributed by atoms with van der Waals surface area (Å²) in [5.74, 6) is -1.30. The van der Waals surface area contributed by atoms with Crippen LogP contribution < -0.4 is 9.91 Å². The van der Waals surface area contributed by atoms with Gasteiger partial charge in [-0.15, -0.1) is 0 Å². The Morgan fingerprint density at radius 3 is 2.46 bits per heavy atom. The topological polar surface area (TPSA) is 65.3 Å². The van der Waals surface area contributed by atoms with E-state index in [9.17, 15) is 14.0 Å². The van der Waals surface area contributed by atoms with Gasteiger partial charge in [-0.1, -0.05) is 22.9 Å². The first-order chi connectivity index (χ1) is 11.6. The molecular formula is C16H10ClFN4O2. The number of benzene rings is 2. The molecule has 1 saturated heterocycles. The molecule has 120 valence electrons. The van der Waals surface area contributed by atoms with E-state index in [4.69, 9.17) is 11.6 Å². The Balaban J connectivity index is 1.70. The number of halogens is 2. The molecule has 0 radical (unpaired) electrons. The summed E-state index contributed by atoms with van der Waals surface area (Å²) in [5, 5.41) is 9.59. The Morgan fingerprint density at radius 1 is 1.00 bits per heavy atom. The van der Waals surface area contributed by atoms with Gasteiger partial charge in [-0.25, -0.2) is 14.3 Å². The molecule has 2 aliphatic rings. The molecule has 2 aromatic carbocycles. The Kier molecular flexibility index (Phi) is 3.31. The van der Waals surface area contributed by atoms with Crippen LogP contribution in [0.3, 0.4) is 0 Å². The van der Waals surface area contributed by atoms with E-state index in [1.807, 2.05) is 0 Å². The predicted molar refractivity (Wildman–Crippen MR) is 85.3 cm³/mol. The van der Waals surface area contributed by atoms with Gasteiger partial charge in [-0.05, 0) is 42.5 Å². The number of rotatable bonds is 2. The first-order valence-corrected chi connectivity index (χ1v) is 7.53. The van der Waals surface area contributed by atoms with Crippen molar-refractivity contribution in [1.29, 1.82) is 0 Å². The maximum atomic E-state index is 13.1. The van der Waals surface area contributed by atoms with E-state index in [0.29, 0.717) is 16.4 Å². The lowest BCUT2D eigenvalue weighted by Crippen LogP contribution is -2.39. The Labute approximate surface area is 141 Å². The van der Waals surface area contributed by atoms with Crippen molar-refractivity contribution in [2.75, 3.05) is 9.91 Å². The quantitative estimate of drug-likeness (QED) is 0.787. The number of anilines is 2. The summed E-state index contributed by atoms with van der Waals surface area (Å²) in [7, 11) is 0. The normalized spacial score (nSPS) is 22.4. The van der Waals surface area contributed by atoms with Crippen molar-refractivity contribution < 1.29 is 14.0 Å².